The first-order valence-electron chi connectivity index (χ1n) is 7.64. The zero-order valence-electron chi connectivity index (χ0n) is 12.0. The van der Waals surface area contributed by atoms with Gasteiger partial charge in [-0.15, -0.1) is 0 Å². The second kappa shape index (κ2) is 7.32. The molecule has 1 atom stereocenters. The number of anilines is 1. The van der Waals surface area contributed by atoms with Crippen molar-refractivity contribution >= 4 is 11.5 Å². The second-order valence-corrected chi connectivity index (χ2v) is 5.52. The van der Waals surface area contributed by atoms with Crippen LogP contribution in [-0.4, -0.2) is 18.9 Å². The summed E-state index contributed by atoms with van der Waals surface area (Å²) in [6.45, 7) is 4.34. The lowest BCUT2D eigenvalue weighted by molar-refractivity contribution is -0.120. The number of para-hydroxylation sites is 1. The summed E-state index contributed by atoms with van der Waals surface area (Å²) in [5.41, 5.74) is 1.29. The standard InChI is InChI=1S/C17H25NO/c1-2-3-13-18(16-9-5-4-6-10-16)14-12-15-8-7-11-17(15)19/h4-6,9-10,15H,2-3,7-8,11-14H2,1H3. The van der Waals surface area contributed by atoms with Gasteiger partial charge in [-0.2, -0.15) is 0 Å². The summed E-state index contributed by atoms with van der Waals surface area (Å²) in [7, 11) is 0. The molecule has 0 saturated heterocycles. The fourth-order valence-corrected chi connectivity index (χ4v) is 2.86. The quantitative estimate of drug-likeness (QED) is 0.736. The van der Waals surface area contributed by atoms with Gasteiger partial charge in [0.1, 0.15) is 5.78 Å². The molecule has 0 aromatic heterocycles. The van der Waals surface area contributed by atoms with Gasteiger partial charge in [-0.25, -0.2) is 0 Å². The van der Waals surface area contributed by atoms with Gasteiger partial charge in [0.05, 0.1) is 0 Å². The van der Waals surface area contributed by atoms with Crippen LogP contribution in [0.5, 0.6) is 0 Å². The summed E-state index contributed by atoms with van der Waals surface area (Å²) in [6, 6.07) is 10.6. The monoisotopic (exact) mass is 259 g/mol. The van der Waals surface area contributed by atoms with Gasteiger partial charge < -0.3 is 4.90 Å². The summed E-state index contributed by atoms with van der Waals surface area (Å²) in [4.78, 5) is 14.2. The van der Waals surface area contributed by atoms with E-state index in [-0.39, 0.29) is 0 Å². The molecule has 1 unspecified atom stereocenters. The zero-order valence-corrected chi connectivity index (χ0v) is 12.0. The van der Waals surface area contributed by atoms with E-state index in [0.717, 1.165) is 38.8 Å². The Labute approximate surface area is 116 Å². The highest BCUT2D eigenvalue weighted by Gasteiger charge is 2.24. The van der Waals surface area contributed by atoms with Gasteiger partial charge in [0, 0.05) is 31.1 Å². The lowest BCUT2D eigenvalue weighted by atomic mass is 10.0. The molecule has 0 heterocycles. The van der Waals surface area contributed by atoms with Gasteiger partial charge in [-0.05, 0) is 37.8 Å². The lowest BCUT2D eigenvalue weighted by Gasteiger charge is -2.26. The Balaban J connectivity index is 1.92. The van der Waals surface area contributed by atoms with Crippen LogP contribution in [0.3, 0.4) is 0 Å². The van der Waals surface area contributed by atoms with Crippen molar-refractivity contribution in [1.29, 1.82) is 0 Å². The molecule has 0 amide bonds. The Morgan fingerprint density at radius 1 is 1.21 bits per heavy atom. The molecule has 0 aliphatic heterocycles. The van der Waals surface area contributed by atoms with Crippen LogP contribution in [0.2, 0.25) is 0 Å². The molecule has 104 valence electrons. The molecule has 1 aromatic carbocycles. The van der Waals surface area contributed by atoms with E-state index in [1.54, 1.807) is 0 Å². The van der Waals surface area contributed by atoms with Crippen LogP contribution in [0.25, 0.3) is 0 Å². The van der Waals surface area contributed by atoms with E-state index in [1.807, 2.05) is 0 Å². The van der Waals surface area contributed by atoms with E-state index in [1.165, 1.54) is 18.5 Å². The topological polar surface area (TPSA) is 20.3 Å². The lowest BCUT2D eigenvalue weighted by Crippen LogP contribution is -2.27. The summed E-state index contributed by atoms with van der Waals surface area (Å²) in [5.74, 6) is 0.816. The van der Waals surface area contributed by atoms with Crippen LogP contribution in [0.1, 0.15) is 45.4 Å². The third-order valence-electron chi connectivity index (χ3n) is 4.08. The third kappa shape index (κ3) is 4.09. The van der Waals surface area contributed by atoms with Crippen LogP contribution in [-0.2, 0) is 4.79 Å². The molecular weight excluding hydrogens is 234 g/mol. The smallest absolute Gasteiger partial charge is 0.136 e. The van der Waals surface area contributed by atoms with E-state index >= 15 is 0 Å². The highest BCUT2D eigenvalue weighted by Crippen LogP contribution is 2.25. The van der Waals surface area contributed by atoms with Crippen molar-refractivity contribution in [3.8, 4) is 0 Å². The average molecular weight is 259 g/mol. The van der Waals surface area contributed by atoms with Gasteiger partial charge in [0.2, 0.25) is 0 Å². The second-order valence-electron chi connectivity index (χ2n) is 5.52. The van der Waals surface area contributed by atoms with Gasteiger partial charge in [-0.1, -0.05) is 31.5 Å². The number of carbonyl (C=O) groups excluding carboxylic acids is 1. The Morgan fingerprint density at radius 3 is 2.63 bits per heavy atom. The predicted octanol–water partition coefficient (Wildman–Crippen LogP) is 4.05. The number of hydrogen-bond donors (Lipinski definition) is 0. The van der Waals surface area contributed by atoms with Crippen LogP contribution < -0.4 is 4.90 Å². The number of hydrogen-bond acceptors (Lipinski definition) is 2. The minimum absolute atomic E-state index is 0.327. The number of Topliss-reactive ketones (excluding diaryl/α,β-unsaturated/α-hetero) is 1. The molecule has 0 N–H and O–H groups in total. The molecule has 0 radical (unpaired) electrons. The highest BCUT2D eigenvalue weighted by atomic mass is 16.1. The number of carbonyl (C=O) groups is 1. The van der Waals surface area contributed by atoms with E-state index in [4.69, 9.17) is 0 Å². The Morgan fingerprint density at radius 2 is 2.00 bits per heavy atom. The van der Waals surface area contributed by atoms with Crippen molar-refractivity contribution in [3.05, 3.63) is 30.3 Å². The molecule has 0 spiro atoms. The fraction of sp³-hybridized carbons (Fsp3) is 0.588. The molecule has 19 heavy (non-hydrogen) atoms. The SMILES string of the molecule is CCCCN(CCC1CCCC1=O)c1ccccc1. The highest BCUT2D eigenvalue weighted by molar-refractivity contribution is 5.82. The molecule has 1 aromatic rings. The van der Waals surface area contributed by atoms with Gasteiger partial charge in [-0.3, -0.25) is 4.79 Å². The summed E-state index contributed by atoms with van der Waals surface area (Å²) in [5, 5.41) is 0. The number of ketones is 1. The van der Waals surface area contributed by atoms with Crippen LogP contribution in [0.4, 0.5) is 5.69 Å². The molecule has 1 fully saturated rings. The van der Waals surface area contributed by atoms with Gasteiger partial charge >= 0.3 is 0 Å². The van der Waals surface area contributed by atoms with E-state index in [0.29, 0.717) is 11.7 Å². The first-order chi connectivity index (χ1) is 9.31. The zero-order chi connectivity index (χ0) is 13.5. The van der Waals surface area contributed by atoms with Crippen molar-refractivity contribution in [2.75, 3.05) is 18.0 Å². The van der Waals surface area contributed by atoms with E-state index in [2.05, 4.69) is 42.2 Å². The van der Waals surface area contributed by atoms with Gasteiger partial charge in [0.15, 0.2) is 0 Å². The molecule has 2 nitrogen and oxygen atoms in total. The molecule has 1 saturated carbocycles. The van der Waals surface area contributed by atoms with E-state index < -0.39 is 0 Å². The number of rotatable bonds is 7. The summed E-state index contributed by atoms with van der Waals surface area (Å²) < 4.78 is 0. The van der Waals surface area contributed by atoms with Crippen LogP contribution in [0, 0.1) is 5.92 Å². The average Bonchev–Trinajstić information content (AvgIpc) is 2.85. The van der Waals surface area contributed by atoms with E-state index in [9.17, 15) is 4.79 Å². The Hall–Kier alpha value is -1.31. The normalized spacial score (nSPS) is 18.8. The summed E-state index contributed by atoms with van der Waals surface area (Å²) >= 11 is 0. The molecule has 2 rings (SSSR count). The first-order valence-corrected chi connectivity index (χ1v) is 7.64. The number of nitrogens with zero attached hydrogens (tertiary/aromatic N) is 1. The largest absolute Gasteiger partial charge is 0.372 e. The predicted molar refractivity (Wildman–Crippen MR) is 80.5 cm³/mol. The van der Waals surface area contributed by atoms with Crippen LogP contribution >= 0.6 is 0 Å². The van der Waals surface area contributed by atoms with Gasteiger partial charge in [0.25, 0.3) is 0 Å². The minimum Gasteiger partial charge on any atom is -0.372 e. The number of benzene rings is 1. The third-order valence-corrected chi connectivity index (χ3v) is 4.08. The van der Waals surface area contributed by atoms with Crippen molar-refractivity contribution in [1.82, 2.24) is 0 Å². The molecule has 0 bridgehead atoms. The summed E-state index contributed by atoms with van der Waals surface area (Å²) in [6.07, 6.45) is 6.47. The molecular formula is C17H25NO. The van der Waals surface area contributed by atoms with Crippen molar-refractivity contribution in [3.63, 3.8) is 0 Å². The molecule has 2 heteroatoms. The molecule has 1 aliphatic carbocycles. The number of unbranched alkanes of at least 4 members (excludes halogenated alkanes) is 1. The Bertz CT molecular complexity index is 388. The maximum Gasteiger partial charge on any atom is 0.136 e. The maximum atomic E-state index is 11.7. The molecule has 1 aliphatic rings. The first kappa shape index (κ1) is 14.1. The Kier molecular flexibility index (Phi) is 5.44. The minimum atomic E-state index is 0.327. The maximum absolute atomic E-state index is 11.7. The van der Waals surface area contributed by atoms with Crippen molar-refractivity contribution < 1.29 is 4.79 Å². The van der Waals surface area contributed by atoms with Crippen LogP contribution in [0.15, 0.2) is 30.3 Å². The van der Waals surface area contributed by atoms with Crippen molar-refractivity contribution in [2.45, 2.75) is 45.4 Å². The fourth-order valence-electron chi connectivity index (χ4n) is 2.86. The van der Waals surface area contributed by atoms with Crippen molar-refractivity contribution in [2.24, 2.45) is 5.92 Å².